The van der Waals surface area contributed by atoms with E-state index in [0.29, 0.717) is 23.6 Å². The first-order valence-corrected chi connectivity index (χ1v) is 14.7. The second kappa shape index (κ2) is 9.91. The van der Waals surface area contributed by atoms with Crippen molar-refractivity contribution in [3.8, 4) is 0 Å². The zero-order valence-corrected chi connectivity index (χ0v) is 23.4. The number of aromatic amines is 1. The van der Waals surface area contributed by atoms with Crippen LogP contribution in [0.3, 0.4) is 0 Å². The van der Waals surface area contributed by atoms with Crippen molar-refractivity contribution in [3.05, 3.63) is 101 Å². The highest BCUT2D eigenvalue weighted by Crippen LogP contribution is 2.45. The predicted octanol–water partition coefficient (Wildman–Crippen LogP) is 6.45. The Morgan fingerprint density at radius 3 is 2.39 bits per heavy atom. The highest BCUT2D eigenvalue weighted by molar-refractivity contribution is 6.24. The monoisotopic (exact) mass is 546 g/mol. The number of carbonyl (C=O) groups is 3. The number of nitrogens with one attached hydrogen (secondary N) is 2. The van der Waals surface area contributed by atoms with Crippen LogP contribution in [0, 0.1) is 0 Å². The van der Waals surface area contributed by atoms with Crippen molar-refractivity contribution >= 4 is 34.4 Å². The molecule has 3 aromatic carbocycles. The summed E-state index contributed by atoms with van der Waals surface area (Å²) in [5, 5.41) is 4.19. The number of H-pyrrole nitrogens is 1. The molecule has 208 valence electrons. The molecule has 7 heteroatoms. The van der Waals surface area contributed by atoms with Crippen molar-refractivity contribution < 1.29 is 14.4 Å². The minimum absolute atomic E-state index is 0.128. The molecule has 1 unspecified atom stereocenters. The van der Waals surface area contributed by atoms with E-state index in [1.165, 1.54) is 10.5 Å². The van der Waals surface area contributed by atoms with Crippen molar-refractivity contribution in [1.82, 2.24) is 15.2 Å². The number of anilines is 1. The Balaban J connectivity index is 1.32. The van der Waals surface area contributed by atoms with E-state index >= 15 is 0 Å². The van der Waals surface area contributed by atoms with Crippen molar-refractivity contribution in [1.29, 1.82) is 0 Å². The zero-order chi connectivity index (χ0) is 28.2. The number of para-hydroxylation sites is 2. The van der Waals surface area contributed by atoms with Crippen LogP contribution < -0.4 is 10.2 Å². The molecule has 0 bridgehead atoms. The van der Waals surface area contributed by atoms with Gasteiger partial charge < -0.3 is 10.3 Å². The topological polar surface area (TPSA) is 85.5 Å². The van der Waals surface area contributed by atoms with E-state index in [1.54, 1.807) is 29.2 Å². The van der Waals surface area contributed by atoms with E-state index in [-0.39, 0.29) is 17.9 Å². The molecule has 0 radical (unpaired) electrons. The van der Waals surface area contributed by atoms with Crippen molar-refractivity contribution in [2.24, 2.45) is 0 Å². The van der Waals surface area contributed by atoms with Gasteiger partial charge in [0.15, 0.2) is 0 Å². The van der Waals surface area contributed by atoms with Crippen molar-refractivity contribution in [2.45, 2.75) is 70.0 Å². The third-order valence-corrected chi connectivity index (χ3v) is 9.05. The number of benzene rings is 3. The maximum Gasteiger partial charge on any atom is 0.332 e. The molecular formula is C34H34N4O3. The largest absolute Gasteiger partial charge is 0.356 e. The van der Waals surface area contributed by atoms with Crippen molar-refractivity contribution in [3.63, 3.8) is 0 Å². The van der Waals surface area contributed by atoms with E-state index in [9.17, 15) is 14.4 Å². The minimum Gasteiger partial charge on any atom is -0.356 e. The van der Waals surface area contributed by atoms with Gasteiger partial charge in [-0.05, 0) is 53.6 Å². The maximum absolute atomic E-state index is 14.3. The average Bonchev–Trinajstić information content (AvgIpc) is 3.69. The van der Waals surface area contributed by atoms with E-state index in [0.717, 1.165) is 53.4 Å². The molecule has 2 fully saturated rings. The Hall–Kier alpha value is -4.39. The molecule has 2 N–H and O–H groups in total. The van der Waals surface area contributed by atoms with Gasteiger partial charge in [0.25, 0.3) is 11.8 Å². The summed E-state index contributed by atoms with van der Waals surface area (Å²) in [6.45, 7) is 4.31. The Kier molecular flexibility index (Phi) is 6.18. The van der Waals surface area contributed by atoms with Crippen LogP contribution in [0.4, 0.5) is 10.5 Å². The molecule has 1 saturated heterocycles. The molecule has 4 aromatic rings. The molecule has 3 aliphatic rings. The summed E-state index contributed by atoms with van der Waals surface area (Å²) >= 11 is 0. The second-order valence-electron chi connectivity index (χ2n) is 11.8. The quantitative estimate of drug-likeness (QED) is 0.282. The Bertz CT molecular complexity index is 1670. The lowest BCUT2D eigenvalue weighted by Crippen LogP contribution is -2.44. The van der Waals surface area contributed by atoms with Gasteiger partial charge in [-0.15, -0.1) is 0 Å². The Labute approximate surface area is 239 Å². The van der Waals surface area contributed by atoms with Gasteiger partial charge in [0.1, 0.15) is 12.1 Å². The first-order valence-electron chi connectivity index (χ1n) is 14.7. The van der Waals surface area contributed by atoms with Gasteiger partial charge in [0.2, 0.25) is 0 Å². The number of urea groups is 1. The molecule has 41 heavy (non-hydrogen) atoms. The molecule has 2 aliphatic heterocycles. The summed E-state index contributed by atoms with van der Waals surface area (Å²) in [5.41, 5.74) is 5.85. The number of imide groups is 1. The van der Waals surface area contributed by atoms with Gasteiger partial charge >= 0.3 is 6.03 Å². The molecule has 0 spiro atoms. The number of fused-ring (bicyclic) bond motifs is 4. The predicted molar refractivity (Wildman–Crippen MR) is 159 cm³/mol. The first-order chi connectivity index (χ1) is 19.9. The standard InChI is InChI=1S/C34H34N4O3/c1-20(2)21-15-17-22(18-16-21)31-30-26(24-11-5-7-13-27(24)36-30)19-29-33(40)38(34(41)37(29)31)28-14-8-6-12-25(28)32(39)35-23-9-3-4-10-23/h5-8,11-18,20,23,29,31,36H,3-4,9-10,19H2,1-2H3,(H,35,39)/t29-,31?/m0/s1. The van der Waals surface area contributed by atoms with E-state index in [4.69, 9.17) is 0 Å². The number of nitrogens with zero attached hydrogens (tertiary/aromatic N) is 2. The summed E-state index contributed by atoms with van der Waals surface area (Å²) in [7, 11) is 0. The highest BCUT2D eigenvalue weighted by atomic mass is 16.2. The third-order valence-electron chi connectivity index (χ3n) is 9.05. The second-order valence-corrected chi connectivity index (χ2v) is 11.8. The van der Waals surface area contributed by atoms with E-state index in [2.05, 4.69) is 54.5 Å². The molecule has 1 aliphatic carbocycles. The van der Waals surface area contributed by atoms with Gasteiger partial charge in [-0.25, -0.2) is 9.69 Å². The highest BCUT2D eigenvalue weighted by Gasteiger charge is 2.53. The molecule has 3 heterocycles. The lowest BCUT2D eigenvalue weighted by Gasteiger charge is -2.36. The molecule has 7 nitrogen and oxygen atoms in total. The Morgan fingerprint density at radius 1 is 0.927 bits per heavy atom. The van der Waals surface area contributed by atoms with Gasteiger partial charge in [-0.2, -0.15) is 0 Å². The first kappa shape index (κ1) is 25.6. The number of carbonyl (C=O) groups excluding carboxylic acids is 3. The van der Waals surface area contributed by atoms with E-state index < -0.39 is 18.1 Å². The van der Waals surface area contributed by atoms with Crippen LogP contribution in [-0.2, 0) is 11.2 Å². The van der Waals surface area contributed by atoms with Gasteiger partial charge in [0.05, 0.1) is 11.3 Å². The van der Waals surface area contributed by atoms with Crippen LogP contribution in [0.25, 0.3) is 10.9 Å². The fraction of sp³-hybridized carbons (Fsp3) is 0.324. The lowest BCUT2D eigenvalue weighted by atomic mass is 9.88. The van der Waals surface area contributed by atoms with Crippen LogP contribution in [0.5, 0.6) is 0 Å². The smallest absolute Gasteiger partial charge is 0.332 e. The third kappa shape index (κ3) is 4.14. The molecule has 1 aromatic heterocycles. The summed E-state index contributed by atoms with van der Waals surface area (Å²) in [4.78, 5) is 48.4. The number of amides is 4. The summed E-state index contributed by atoms with van der Waals surface area (Å²) in [6.07, 6.45) is 4.52. The molecule has 2 atom stereocenters. The average molecular weight is 547 g/mol. The number of hydrogen-bond acceptors (Lipinski definition) is 3. The lowest BCUT2D eigenvalue weighted by molar-refractivity contribution is -0.120. The molecule has 1 saturated carbocycles. The molecular weight excluding hydrogens is 512 g/mol. The fourth-order valence-corrected chi connectivity index (χ4v) is 6.90. The SMILES string of the molecule is CC(C)c1ccc(C2c3[nH]c4ccccc4c3C[C@H]3C(=O)N(c4ccccc4C(=O)NC4CCCC4)C(=O)N23)cc1. The fourth-order valence-electron chi connectivity index (χ4n) is 6.90. The van der Waals surface area contributed by atoms with Crippen molar-refractivity contribution in [2.75, 3.05) is 4.90 Å². The van der Waals surface area contributed by atoms with Gasteiger partial charge in [0, 0.05) is 29.1 Å². The normalized spacial score (nSPS) is 20.7. The summed E-state index contributed by atoms with van der Waals surface area (Å²) < 4.78 is 0. The van der Waals surface area contributed by atoms with Crippen LogP contribution in [-0.4, -0.2) is 39.8 Å². The van der Waals surface area contributed by atoms with Crippen LogP contribution >= 0.6 is 0 Å². The number of hydrogen-bond donors (Lipinski definition) is 2. The molecule has 4 amide bonds. The summed E-state index contributed by atoms with van der Waals surface area (Å²) in [6, 6.07) is 22.0. The van der Waals surface area contributed by atoms with Crippen LogP contribution in [0.1, 0.15) is 84.2 Å². The minimum atomic E-state index is -0.671. The summed E-state index contributed by atoms with van der Waals surface area (Å²) in [5.74, 6) is -0.157. The Morgan fingerprint density at radius 2 is 1.63 bits per heavy atom. The zero-order valence-electron chi connectivity index (χ0n) is 23.4. The van der Waals surface area contributed by atoms with Gasteiger partial charge in [-0.3, -0.25) is 14.5 Å². The number of rotatable bonds is 5. The van der Waals surface area contributed by atoms with Crippen LogP contribution in [0.15, 0.2) is 72.8 Å². The number of aromatic nitrogens is 1. The van der Waals surface area contributed by atoms with Gasteiger partial charge in [-0.1, -0.05) is 81.3 Å². The molecule has 7 rings (SSSR count). The van der Waals surface area contributed by atoms with E-state index in [1.807, 2.05) is 18.2 Å². The maximum atomic E-state index is 14.3. The van der Waals surface area contributed by atoms with Crippen LogP contribution in [0.2, 0.25) is 0 Å².